The number of hydrogen-bond acceptors (Lipinski definition) is 3. The highest BCUT2D eigenvalue weighted by molar-refractivity contribution is 7.99. The largest absolute Gasteiger partial charge is 0.383 e. The monoisotopic (exact) mass is 239 g/mol. The Kier molecular flexibility index (Phi) is 4.16. The molecule has 0 atom stereocenters. The summed E-state index contributed by atoms with van der Waals surface area (Å²) in [7, 11) is 0. The minimum atomic E-state index is 0.536. The molecule has 0 amide bonds. The molecule has 1 aromatic rings. The molecule has 0 bridgehead atoms. The van der Waals surface area contributed by atoms with Crippen LogP contribution in [-0.2, 0) is 0 Å². The molecule has 4 heteroatoms. The van der Waals surface area contributed by atoms with E-state index in [1.807, 2.05) is 6.20 Å². The van der Waals surface area contributed by atoms with E-state index in [1.54, 1.807) is 11.8 Å². The van der Waals surface area contributed by atoms with Crippen molar-refractivity contribution in [2.75, 3.05) is 11.5 Å². The molecule has 2 rings (SSSR count). The summed E-state index contributed by atoms with van der Waals surface area (Å²) in [4.78, 5) is 1.15. The summed E-state index contributed by atoms with van der Waals surface area (Å²) >= 11 is 1.78. The Bertz CT molecular complexity index is 327. The molecule has 0 aromatic carbocycles. The summed E-state index contributed by atoms with van der Waals surface area (Å²) in [6.45, 7) is 2.15. The molecule has 1 aromatic heterocycles. The summed E-state index contributed by atoms with van der Waals surface area (Å²) in [5, 5.41) is 4.47. The molecule has 0 radical (unpaired) electrons. The third kappa shape index (κ3) is 2.54. The molecule has 1 aliphatic rings. The Hall–Kier alpha value is -0.640. The number of nitrogens with zero attached hydrogens (tertiary/aromatic N) is 2. The van der Waals surface area contributed by atoms with Crippen molar-refractivity contribution in [1.82, 2.24) is 9.78 Å². The van der Waals surface area contributed by atoms with Gasteiger partial charge in [0.2, 0.25) is 0 Å². The standard InChI is InChI=1S/C12H21N3S/c1-2-16-11-9-14-15(12(11)13)10-7-5-3-4-6-8-10/h9-10H,2-8,13H2,1H3. The Labute approximate surface area is 102 Å². The second-order valence-electron chi connectivity index (χ2n) is 4.42. The van der Waals surface area contributed by atoms with Gasteiger partial charge in [-0.2, -0.15) is 5.10 Å². The van der Waals surface area contributed by atoms with Crippen LogP contribution in [0.2, 0.25) is 0 Å². The fraction of sp³-hybridized carbons (Fsp3) is 0.750. The lowest BCUT2D eigenvalue weighted by molar-refractivity contribution is 0.410. The van der Waals surface area contributed by atoms with Gasteiger partial charge in [0.15, 0.2) is 0 Å². The number of anilines is 1. The van der Waals surface area contributed by atoms with E-state index in [4.69, 9.17) is 5.73 Å². The molecular weight excluding hydrogens is 218 g/mol. The van der Waals surface area contributed by atoms with Crippen LogP contribution in [0.3, 0.4) is 0 Å². The van der Waals surface area contributed by atoms with Crippen molar-refractivity contribution < 1.29 is 0 Å². The van der Waals surface area contributed by atoms with E-state index in [9.17, 15) is 0 Å². The molecule has 3 nitrogen and oxygen atoms in total. The maximum absolute atomic E-state index is 6.15. The second-order valence-corrected chi connectivity index (χ2v) is 5.72. The average molecular weight is 239 g/mol. The zero-order valence-electron chi connectivity index (χ0n) is 9.98. The van der Waals surface area contributed by atoms with Gasteiger partial charge in [-0.05, 0) is 18.6 Å². The third-order valence-corrected chi connectivity index (χ3v) is 4.18. The Morgan fingerprint density at radius 2 is 2.06 bits per heavy atom. The van der Waals surface area contributed by atoms with Crippen molar-refractivity contribution in [2.24, 2.45) is 0 Å². The predicted molar refractivity (Wildman–Crippen MR) is 69.8 cm³/mol. The maximum atomic E-state index is 6.15. The summed E-state index contributed by atoms with van der Waals surface area (Å²) in [6, 6.07) is 0.536. The lowest BCUT2D eigenvalue weighted by Crippen LogP contribution is -2.12. The summed E-state index contributed by atoms with van der Waals surface area (Å²) in [5.41, 5.74) is 6.15. The van der Waals surface area contributed by atoms with Gasteiger partial charge in [-0.1, -0.05) is 32.6 Å². The van der Waals surface area contributed by atoms with Crippen molar-refractivity contribution in [2.45, 2.75) is 56.4 Å². The van der Waals surface area contributed by atoms with Gasteiger partial charge >= 0.3 is 0 Å². The molecule has 2 N–H and O–H groups in total. The van der Waals surface area contributed by atoms with Crippen molar-refractivity contribution in [1.29, 1.82) is 0 Å². The van der Waals surface area contributed by atoms with Gasteiger partial charge in [0.25, 0.3) is 0 Å². The Morgan fingerprint density at radius 3 is 2.69 bits per heavy atom. The topological polar surface area (TPSA) is 43.8 Å². The van der Waals surface area contributed by atoms with Crippen LogP contribution in [0.5, 0.6) is 0 Å². The molecular formula is C12H21N3S. The van der Waals surface area contributed by atoms with Crippen molar-refractivity contribution in [3.63, 3.8) is 0 Å². The smallest absolute Gasteiger partial charge is 0.135 e. The van der Waals surface area contributed by atoms with E-state index >= 15 is 0 Å². The molecule has 1 heterocycles. The lowest BCUT2D eigenvalue weighted by Gasteiger charge is -2.16. The summed E-state index contributed by atoms with van der Waals surface area (Å²) in [5.74, 6) is 1.93. The quantitative estimate of drug-likeness (QED) is 0.649. The van der Waals surface area contributed by atoms with Crippen molar-refractivity contribution in [3.8, 4) is 0 Å². The van der Waals surface area contributed by atoms with Gasteiger partial charge in [0.05, 0.1) is 17.1 Å². The molecule has 0 aliphatic heterocycles. The summed E-state index contributed by atoms with van der Waals surface area (Å²) < 4.78 is 2.06. The maximum Gasteiger partial charge on any atom is 0.135 e. The van der Waals surface area contributed by atoms with Crippen molar-refractivity contribution >= 4 is 17.6 Å². The first-order valence-electron chi connectivity index (χ1n) is 6.28. The van der Waals surface area contributed by atoms with Crippen LogP contribution in [0, 0.1) is 0 Å². The zero-order valence-corrected chi connectivity index (χ0v) is 10.8. The van der Waals surface area contributed by atoms with E-state index in [0.29, 0.717) is 6.04 Å². The Balaban J connectivity index is 2.12. The normalized spacial score (nSPS) is 18.6. The third-order valence-electron chi connectivity index (χ3n) is 3.27. The zero-order chi connectivity index (χ0) is 11.4. The number of hydrogen-bond donors (Lipinski definition) is 1. The van der Waals surface area contributed by atoms with Crippen molar-refractivity contribution in [3.05, 3.63) is 6.20 Å². The SMILES string of the molecule is CCSc1cnn(C2CCCCCC2)c1N. The first-order chi connectivity index (χ1) is 7.83. The molecule has 16 heavy (non-hydrogen) atoms. The first-order valence-corrected chi connectivity index (χ1v) is 7.27. The van der Waals surface area contributed by atoms with E-state index < -0.39 is 0 Å². The fourth-order valence-corrected chi connectivity index (χ4v) is 3.09. The van der Waals surface area contributed by atoms with Crippen LogP contribution in [-0.4, -0.2) is 15.5 Å². The van der Waals surface area contributed by atoms with Gasteiger partial charge in [0, 0.05) is 0 Å². The Morgan fingerprint density at radius 1 is 1.38 bits per heavy atom. The van der Waals surface area contributed by atoms with Crippen LogP contribution in [0.1, 0.15) is 51.5 Å². The fourth-order valence-electron chi connectivity index (χ4n) is 2.42. The van der Waals surface area contributed by atoms with Crippen LogP contribution < -0.4 is 5.73 Å². The van der Waals surface area contributed by atoms with Gasteiger partial charge in [0.1, 0.15) is 5.82 Å². The van der Waals surface area contributed by atoms with Crippen LogP contribution >= 0.6 is 11.8 Å². The number of rotatable bonds is 3. The number of thioether (sulfide) groups is 1. The second kappa shape index (κ2) is 5.62. The average Bonchev–Trinajstić information content (AvgIpc) is 2.55. The number of aromatic nitrogens is 2. The first kappa shape index (κ1) is 11.8. The minimum absolute atomic E-state index is 0.536. The highest BCUT2D eigenvalue weighted by Crippen LogP contribution is 2.32. The highest BCUT2D eigenvalue weighted by Gasteiger charge is 2.18. The molecule has 1 fully saturated rings. The van der Waals surface area contributed by atoms with Gasteiger partial charge < -0.3 is 5.73 Å². The van der Waals surface area contributed by atoms with Crippen LogP contribution in [0.15, 0.2) is 11.1 Å². The van der Waals surface area contributed by atoms with Gasteiger partial charge in [-0.3, -0.25) is 0 Å². The van der Waals surface area contributed by atoms with E-state index in [0.717, 1.165) is 16.5 Å². The van der Waals surface area contributed by atoms with E-state index in [2.05, 4.69) is 16.7 Å². The molecule has 0 saturated heterocycles. The lowest BCUT2D eigenvalue weighted by atomic mass is 10.1. The predicted octanol–water partition coefficient (Wildman–Crippen LogP) is 3.47. The van der Waals surface area contributed by atoms with Gasteiger partial charge in [-0.15, -0.1) is 11.8 Å². The number of nitrogen functional groups attached to an aromatic ring is 1. The minimum Gasteiger partial charge on any atom is -0.383 e. The van der Waals surface area contributed by atoms with Gasteiger partial charge in [-0.25, -0.2) is 4.68 Å². The molecule has 1 aliphatic carbocycles. The van der Waals surface area contributed by atoms with E-state index in [1.165, 1.54) is 38.5 Å². The van der Waals surface area contributed by atoms with Crippen LogP contribution in [0.4, 0.5) is 5.82 Å². The van der Waals surface area contributed by atoms with E-state index in [-0.39, 0.29) is 0 Å². The molecule has 90 valence electrons. The summed E-state index contributed by atoms with van der Waals surface area (Å²) in [6.07, 6.45) is 9.78. The number of nitrogens with two attached hydrogens (primary N) is 1. The molecule has 0 unspecified atom stereocenters. The highest BCUT2D eigenvalue weighted by atomic mass is 32.2. The molecule has 0 spiro atoms. The molecule has 1 saturated carbocycles. The van der Waals surface area contributed by atoms with Crippen LogP contribution in [0.25, 0.3) is 0 Å².